The number of aryl methyl sites for hydroxylation is 1. The number of likely N-dealkylation sites (tertiary alicyclic amines) is 1. The van der Waals surface area contributed by atoms with E-state index in [1.807, 2.05) is 7.05 Å². The largest absolute Gasteiger partial charge is 0.356 e. The van der Waals surface area contributed by atoms with Crippen LogP contribution in [0.2, 0.25) is 0 Å². The van der Waals surface area contributed by atoms with Crippen molar-refractivity contribution >= 4 is 29.9 Å². The second-order valence-corrected chi connectivity index (χ2v) is 6.60. The molecule has 2 N–H and O–H groups in total. The molecule has 1 aromatic heterocycles. The van der Waals surface area contributed by atoms with Crippen molar-refractivity contribution in [3.8, 4) is 0 Å². The average Bonchev–Trinajstić information content (AvgIpc) is 3.06. The molecule has 2 heterocycles. The van der Waals surface area contributed by atoms with Crippen LogP contribution in [-0.4, -0.2) is 65.4 Å². The highest BCUT2D eigenvalue weighted by Gasteiger charge is 2.14. The van der Waals surface area contributed by atoms with Gasteiger partial charge in [0.15, 0.2) is 5.96 Å². The smallest absolute Gasteiger partial charge is 0.191 e. The van der Waals surface area contributed by atoms with E-state index in [0.29, 0.717) is 0 Å². The lowest BCUT2D eigenvalue weighted by molar-refractivity contribution is 0.191. The molecule has 0 unspecified atom stereocenters. The Morgan fingerprint density at radius 3 is 2.64 bits per heavy atom. The molecule has 1 aliphatic rings. The van der Waals surface area contributed by atoms with Crippen molar-refractivity contribution in [2.24, 2.45) is 10.9 Å². The molecule has 1 aliphatic heterocycles. The molecule has 0 aromatic carbocycles. The summed E-state index contributed by atoms with van der Waals surface area (Å²) in [5, 5.41) is 14.8. The van der Waals surface area contributed by atoms with Gasteiger partial charge in [0.05, 0.1) is 0 Å². The second-order valence-electron chi connectivity index (χ2n) is 6.60. The van der Waals surface area contributed by atoms with Gasteiger partial charge in [-0.2, -0.15) is 0 Å². The third kappa shape index (κ3) is 7.89. The van der Waals surface area contributed by atoms with Gasteiger partial charge < -0.3 is 20.1 Å². The predicted octanol–water partition coefficient (Wildman–Crippen LogP) is 1.75. The van der Waals surface area contributed by atoms with Gasteiger partial charge in [-0.15, -0.1) is 34.2 Å². The van der Waals surface area contributed by atoms with E-state index < -0.39 is 0 Å². The van der Waals surface area contributed by atoms with Crippen molar-refractivity contribution < 1.29 is 0 Å². The van der Waals surface area contributed by atoms with E-state index in [2.05, 4.69) is 49.1 Å². The molecule has 0 radical (unpaired) electrons. The Balaban J connectivity index is 0.00000312. The molecule has 0 spiro atoms. The summed E-state index contributed by atoms with van der Waals surface area (Å²) < 4.78 is 2.08. The fourth-order valence-electron chi connectivity index (χ4n) is 3.05. The minimum atomic E-state index is 0. The molecule has 1 saturated heterocycles. The van der Waals surface area contributed by atoms with E-state index in [0.717, 1.165) is 50.2 Å². The number of nitrogens with one attached hydrogen (secondary N) is 2. The lowest BCUT2D eigenvalue weighted by atomic mass is 9.99. The molecule has 0 aliphatic carbocycles. The summed E-state index contributed by atoms with van der Waals surface area (Å²) in [6.45, 7) is 10.8. The van der Waals surface area contributed by atoms with Crippen molar-refractivity contribution in [3.63, 3.8) is 0 Å². The number of hydrogen-bond donors (Lipinski definition) is 2. The van der Waals surface area contributed by atoms with Crippen molar-refractivity contribution in [1.82, 2.24) is 30.3 Å². The van der Waals surface area contributed by atoms with E-state index in [-0.39, 0.29) is 24.0 Å². The Morgan fingerprint density at radius 2 is 1.96 bits per heavy atom. The zero-order valence-corrected chi connectivity index (χ0v) is 18.2. The first-order valence-corrected chi connectivity index (χ1v) is 9.26. The summed E-state index contributed by atoms with van der Waals surface area (Å²) in [4.78, 5) is 6.86. The standard InChI is InChI=1S/C17H33N7.HI/c1-4-16-22-21-14-24(16)13-9-20-17(18-3)19-8-5-10-23-11-6-15(2)7-12-23;/h14-15H,4-13H2,1-3H3,(H2,18,19,20);1H. The van der Waals surface area contributed by atoms with Crippen LogP contribution in [0.15, 0.2) is 11.3 Å². The fourth-order valence-corrected chi connectivity index (χ4v) is 3.05. The topological polar surface area (TPSA) is 70.4 Å². The average molecular weight is 463 g/mol. The highest BCUT2D eigenvalue weighted by atomic mass is 127. The van der Waals surface area contributed by atoms with Gasteiger partial charge >= 0.3 is 0 Å². The quantitative estimate of drug-likeness (QED) is 0.266. The molecule has 2 rings (SSSR count). The predicted molar refractivity (Wildman–Crippen MR) is 114 cm³/mol. The molecule has 25 heavy (non-hydrogen) atoms. The molecule has 1 aromatic rings. The van der Waals surface area contributed by atoms with Gasteiger partial charge in [-0.05, 0) is 44.8 Å². The van der Waals surface area contributed by atoms with Gasteiger partial charge in [-0.3, -0.25) is 4.99 Å². The number of rotatable bonds is 8. The van der Waals surface area contributed by atoms with Crippen LogP contribution in [-0.2, 0) is 13.0 Å². The summed E-state index contributed by atoms with van der Waals surface area (Å²) in [7, 11) is 1.82. The zero-order chi connectivity index (χ0) is 17.2. The first-order valence-electron chi connectivity index (χ1n) is 9.26. The minimum Gasteiger partial charge on any atom is -0.356 e. The van der Waals surface area contributed by atoms with Crippen LogP contribution in [0.1, 0.15) is 38.9 Å². The van der Waals surface area contributed by atoms with Crippen molar-refractivity contribution in [2.45, 2.75) is 46.1 Å². The number of nitrogens with zero attached hydrogens (tertiary/aromatic N) is 5. The van der Waals surface area contributed by atoms with Crippen LogP contribution in [0, 0.1) is 5.92 Å². The minimum absolute atomic E-state index is 0. The maximum atomic E-state index is 4.28. The number of halogens is 1. The highest BCUT2D eigenvalue weighted by Crippen LogP contribution is 2.15. The SMILES string of the molecule is CCc1nncn1CCNC(=NC)NCCCN1CCC(C)CC1.I. The van der Waals surface area contributed by atoms with Gasteiger partial charge in [0.25, 0.3) is 0 Å². The van der Waals surface area contributed by atoms with Gasteiger partial charge in [0.2, 0.25) is 0 Å². The van der Waals surface area contributed by atoms with Crippen molar-refractivity contribution in [3.05, 3.63) is 12.2 Å². The number of guanidine groups is 1. The molecule has 8 heteroatoms. The normalized spacial score (nSPS) is 16.5. The van der Waals surface area contributed by atoms with Crippen LogP contribution in [0.3, 0.4) is 0 Å². The van der Waals surface area contributed by atoms with Gasteiger partial charge in [-0.25, -0.2) is 0 Å². The Bertz CT molecular complexity index is 495. The molecule has 144 valence electrons. The summed E-state index contributed by atoms with van der Waals surface area (Å²) in [5.41, 5.74) is 0. The third-order valence-electron chi connectivity index (χ3n) is 4.70. The molecule has 0 amide bonds. The van der Waals surface area contributed by atoms with E-state index in [1.54, 1.807) is 6.33 Å². The van der Waals surface area contributed by atoms with Crippen molar-refractivity contribution in [2.75, 3.05) is 39.8 Å². The number of aromatic nitrogens is 3. The van der Waals surface area contributed by atoms with Gasteiger partial charge in [-0.1, -0.05) is 13.8 Å². The molecule has 0 atom stereocenters. The van der Waals surface area contributed by atoms with Crippen molar-refractivity contribution in [1.29, 1.82) is 0 Å². The van der Waals surface area contributed by atoms with Crippen LogP contribution >= 0.6 is 24.0 Å². The lowest BCUT2D eigenvalue weighted by Crippen LogP contribution is -2.40. The molecule has 1 fully saturated rings. The summed E-state index contributed by atoms with van der Waals surface area (Å²) in [5.74, 6) is 2.80. The lowest BCUT2D eigenvalue weighted by Gasteiger charge is -2.30. The Labute approximate surface area is 169 Å². The van der Waals surface area contributed by atoms with E-state index in [4.69, 9.17) is 0 Å². The molecular formula is C17H34IN7. The maximum Gasteiger partial charge on any atom is 0.191 e. The van der Waals surface area contributed by atoms with Crippen LogP contribution in [0.25, 0.3) is 0 Å². The van der Waals surface area contributed by atoms with Gasteiger partial charge in [0, 0.05) is 33.1 Å². The summed E-state index contributed by atoms with van der Waals surface area (Å²) in [6, 6.07) is 0. The Morgan fingerprint density at radius 1 is 1.24 bits per heavy atom. The second kappa shape index (κ2) is 12.5. The molecule has 0 bridgehead atoms. The van der Waals surface area contributed by atoms with E-state index in [9.17, 15) is 0 Å². The fraction of sp³-hybridized carbons (Fsp3) is 0.824. The summed E-state index contributed by atoms with van der Waals surface area (Å²) in [6.07, 6.45) is 6.54. The van der Waals surface area contributed by atoms with Crippen LogP contribution in [0.4, 0.5) is 0 Å². The van der Waals surface area contributed by atoms with Crippen LogP contribution in [0.5, 0.6) is 0 Å². The monoisotopic (exact) mass is 463 g/mol. The van der Waals surface area contributed by atoms with E-state index in [1.165, 1.54) is 32.5 Å². The number of hydrogen-bond acceptors (Lipinski definition) is 4. The summed E-state index contributed by atoms with van der Waals surface area (Å²) >= 11 is 0. The molecular weight excluding hydrogens is 429 g/mol. The first-order chi connectivity index (χ1) is 11.7. The molecule has 7 nitrogen and oxygen atoms in total. The Hall–Kier alpha value is -0.900. The third-order valence-corrected chi connectivity index (χ3v) is 4.70. The van der Waals surface area contributed by atoms with Crippen LogP contribution < -0.4 is 10.6 Å². The maximum absolute atomic E-state index is 4.28. The highest BCUT2D eigenvalue weighted by molar-refractivity contribution is 14.0. The molecule has 0 saturated carbocycles. The first kappa shape index (κ1) is 22.1. The zero-order valence-electron chi connectivity index (χ0n) is 15.9. The number of aliphatic imine (C=N–C) groups is 1. The van der Waals surface area contributed by atoms with Gasteiger partial charge in [0.1, 0.15) is 12.2 Å². The Kier molecular flexibility index (Phi) is 11.0. The van der Waals surface area contributed by atoms with E-state index >= 15 is 0 Å². The number of piperidine rings is 1.